The van der Waals surface area contributed by atoms with Crippen molar-refractivity contribution in [1.82, 2.24) is 9.88 Å². The predicted molar refractivity (Wildman–Crippen MR) is 78.5 cm³/mol. The summed E-state index contributed by atoms with van der Waals surface area (Å²) in [4.78, 5) is 0.279. The predicted octanol–water partition coefficient (Wildman–Crippen LogP) is 1.82. The smallest absolute Gasteiger partial charge is 0.240 e. The Morgan fingerprint density at radius 1 is 1.38 bits per heavy atom. The largest absolute Gasteiger partial charge is 0.385 e. The maximum absolute atomic E-state index is 12.3. The highest BCUT2D eigenvalue weighted by Crippen LogP contribution is 2.24. The summed E-state index contributed by atoms with van der Waals surface area (Å²) in [6, 6.07) is 6.88. The molecule has 1 aromatic heterocycles. The van der Waals surface area contributed by atoms with E-state index >= 15 is 0 Å². The fourth-order valence-electron chi connectivity index (χ4n) is 2.37. The molecule has 6 nitrogen and oxygen atoms in total. The van der Waals surface area contributed by atoms with Gasteiger partial charge in [0.1, 0.15) is 0 Å². The second kappa shape index (κ2) is 5.50. The molecule has 3 rings (SSSR count). The molecule has 1 aliphatic rings. The van der Waals surface area contributed by atoms with Crippen molar-refractivity contribution in [2.75, 3.05) is 11.9 Å². The third-order valence-corrected chi connectivity index (χ3v) is 4.84. The van der Waals surface area contributed by atoms with Gasteiger partial charge < -0.3 is 9.84 Å². The van der Waals surface area contributed by atoms with Gasteiger partial charge in [-0.2, -0.15) is 0 Å². The van der Waals surface area contributed by atoms with Gasteiger partial charge in [-0.1, -0.05) is 5.16 Å². The molecule has 0 fully saturated rings. The molecule has 0 bridgehead atoms. The Labute approximate surface area is 123 Å². The van der Waals surface area contributed by atoms with Crippen molar-refractivity contribution < 1.29 is 12.9 Å². The van der Waals surface area contributed by atoms with Crippen LogP contribution >= 0.6 is 0 Å². The van der Waals surface area contributed by atoms with Gasteiger partial charge in [0.2, 0.25) is 10.0 Å². The second-order valence-electron chi connectivity index (χ2n) is 5.11. The van der Waals surface area contributed by atoms with E-state index < -0.39 is 10.0 Å². The summed E-state index contributed by atoms with van der Waals surface area (Å²) in [6.07, 6.45) is 1.91. The van der Waals surface area contributed by atoms with E-state index in [1.54, 1.807) is 25.1 Å². The van der Waals surface area contributed by atoms with Crippen LogP contribution in [-0.2, 0) is 23.0 Å². The molecular weight excluding hydrogens is 290 g/mol. The minimum atomic E-state index is -3.55. The highest BCUT2D eigenvalue weighted by Gasteiger charge is 2.18. The molecule has 1 aliphatic heterocycles. The maximum atomic E-state index is 12.3. The molecule has 0 saturated carbocycles. The van der Waals surface area contributed by atoms with Crippen LogP contribution in [0.25, 0.3) is 0 Å². The molecule has 0 radical (unpaired) electrons. The molecule has 0 aliphatic carbocycles. The first kappa shape index (κ1) is 14.1. The maximum Gasteiger partial charge on any atom is 0.240 e. The SMILES string of the molecule is Cc1cc(CNS(=O)(=O)c2ccc3c(c2)CCCN3)on1. The topological polar surface area (TPSA) is 84.2 Å². The van der Waals surface area contributed by atoms with Crippen LogP contribution in [0.5, 0.6) is 0 Å². The zero-order valence-electron chi connectivity index (χ0n) is 11.7. The summed E-state index contributed by atoms with van der Waals surface area (Å²) < 4.78 is 32.1. The number of benzene rings is 1. The van der Waals surface area contributed by atoms with Crippen LogP contribution in [0.2, 0.25) is 0 Å². The van der Waals surface area contributed by atoms with E-state index in [4.69, 9.17) is 4.52 Å². The van der Waals surface area contributed by atoms with E-state index in [0.717, 1.165) is 36.3 Å². The Balaban J connectivity index is 1.78. The number of aryl methyl sites for hydroxylation is 2. The normalized spacial score (nSPS) is 14.5. The first-order valence-electron chi connectivity index (χ1n) is 6.83. The number of rotatable bonds is 4. The van der Waals surface area contributed by atoms with Crippen LogP contribution in [0.1, 0.15) is 23.4 Å². The highest BCUT2D eigenvalue weighted by molar-refractivity contribution is 7.89. The summed E-state index contributed by atoms with van der Waals surface area (Å²) in [5.41, 5.74) is 2.79. The summed E-state index contributed by atoms with van der Waals surface area (Å²) >= 11 is 0. The second-order valence-corrected chi connectivity index (χ2v) is 6.88. The van der Waals surface area contributed by atoms with Crippen LogP contribution in [0.4, 0.5) is 5.69 Å². The van der Waals surface area contributed by atoms with E-state index in [1.165, 1.54) is 0 Å². The number of anilines is 1. The van der Waals surface area contributed by atoms with Crippen molar-refractivity contribution in [3.8, 4) is 0 Å². The number of nitrogens with zero attached hydrogens (tertiary/aromatic N) is 1. The number of hydrogen-bond donors (Lipinski definition) is 2. The van der Waals surface area contributed by atoms with Crippen LogP contribution in [-0.4, -0.2) is 20.1 Å². The molecule has 0 saturated heterocycles. The Kier molecular flexibility index (Phi) is 3.69. The summed E-state index contributed by atoms with van der Waals surface area (Å²) in [7, 11) is -3.55. The molecule has 2 heterocycles. The molecule has 0 unspecified atom stereocenters. The molecule has 112 valence electrons. The van der Waals surface area contributed by atoms with Gasteiger partial charge in [0.15, 0.2) is 5.76 Å². The zero-order valence-corrected chi connectivity index (χ0v) is 12.5. The molecule has 21 heavy (non-hydrogen) atoms. The van der Waals surface area contributed by atoms with Crippen molar-refractivity contribution >= 4 is 15.7 Å². The fourth-order valence-corrected chi connectivity index (χ4v) is 3.41. The number of sulfonamides is 1. The van der Waals surface area contributed by atoms with Crippen molar-refractivity contribution in [2.24, 2.45) is 0 Å². The van der Waals surface area contributed by atoms with Crippen LogP contribution < -0.4 is 10.0 Å². The third-order valence-electron chi connectivity index (χ3n) is 3.44. The van der Waals surface area contributed by atoms with Crippen LogP contribution in [0, 0.1) is 6.92 Å². The van der Waals surface area contributed by atoms with Crippen LogP contribution in [0.3, 0.4) is 0 Å². The minimum Gasteiger partial charge on any atom is -0.385 e. The van der Waals surface area contributed by atoms with Gasteiger partial charge in [-0.25, -0.2) is 13.1 Å². The van der Waals surface area contributed by atoms with E-state index in [0.29, 0.717) is 5.76 Å². The Bertz CT molecular complexity index is 753. The molecule has 2 N–H and O–H groups in total. The first-order chi connectivity index (χ1) is 10.0. The molecule has 1 aromatic carbocycles. The molecule has 0 atom stereocenters. The average molecular weight is 307 g/mol. The van der Waals surface area contributed by atoms with Gasteiger partial charge in [-0.3, -0.25) is 0 Å². The van der Waals surface area contributed by atoms with Crippen molar-refractivity contribution in [3.05, 3.63) is 41.3 Å². The van der Waals surface area contributed by atoms with Crippen molar-refractivity contribution in [2.45, 2.75) is 31.2 Å². The van der Waals surface area contributed by atoms with Gasteiger partial charge in [0.05, 0.1) is 17.1 Å². The lowest BCUT2D eigenvalue weighted by molar-refractivity contribution is 0.377. The van der Waals surface area contributed by atoms with Gasteiger partial charge in [-0.15, -0.1) is 0 Å². The highest BCUT2D eigenvalue weighted by atomic mass is 32.2. The standard InChI is InChI=1S/C14H17N3O3S/c1-10-7-12(20-17-10)9-16-21(18,19)13-4-5-14-11(8-13)3-2-6-15-14/h4-5,7-8,15-16H,2-3,6,9H2,1H3. The number of hydrogen-bond acceptors (Lipinski definition) is 5. The van der Waals surface area contributed by atoms with Gasteiger partial charge in [0.25, 0.3) is 0 Å². The Morgan fingerprint density at radius 3 is 3.00 bits per heavy atom. The lowest BCUT2D eigenvalue weighted by Gasteiger charge is -2.18. The summed E-state index contributed by atoms with van der Waals surface area (Å²) in [5, 5.41) is 6.99. The summed E-state index contributed by atoms with van der Waals surface area (Å²) in [6.45, 7) is 2.82. The molecule has 2 aromatic rings. The molecule has 7 heteroatoms. The van der Waals surface area contributed by atoms with Crippen molar-refractivity contribution in [3.63, 3.8) is 0 Å². The van der Waals surface area contributed by atoms with Crippen LogP contribution in [0.15, 0.2) is 33.7 Å². The van der Waals surface area contributed by atoms with Gasteiger partial charge in [-0.05, 0) is 43.5 Å². The lowest BCUT2D eigenvalue weighted by Crippen LogP contribution is -2.23. The molecule has 0 spiro atoms. The Hall–Kier alpha value is -1.86. The Morgan fingerprint density at radius 2 is 2.24 bits per heavy atom. The monoisotopic (exact) mass is 307 g/mol. The lowest BCUT2D eigenvalue weighted by atomic mass is 10.0. The van der Waals surface area contributed by atoms with Gasteiger partial charge >= 0.3 is 0 Å². The number of fused-ring (bicyclic) bond motifs is 1. The van der Waals surface area contributed by atoms with E-state index in [9.17, 15) is 8.42 Å². The quantitative estimate of drug-likeness (QED) is 0.900. The number of nitrogens with one attached hydrogen (secondary N) is 2. The van der Waals surface area contributed by atoms with Crippen molar-refractivity contribution in [1.29, 1.82) is 0 Å². The zero-order chi connectivity index (χ0) is 14.9. The number of aromatic nitrogens is 1. The first-order valence-corrected chi connectivity index (χ1v) is 8.31. The molecule has 0 amide bonds. The van der Waals surface area contributed by atoms with E-state index in [2.05, 4.69) is 15.2 Å². The minimum absolute atomic E-state index is 0.0957. The fraction of sp³-hybridized carbons (Fsp3) is 0.357. The van der Waals surface area contributed by atoms with Gasteiger partial charge in [0, 0.05) is 18.3 Å². The van der Waals surface area contributed by atoms with E-state index in [-0.39, 0.29) is 11.4 Å². The van der Waals surface area contributed by atoms with E-state index in [1.807, 2.05) is 6.07 Å². The average Bonchev–Trinajstić information content (AvgIpc) is 2.90. The summed E-state index contributed by atoms with van der Waals surface area (Å²) in [5.74, 6) is 0.496. The molecular formula is C14H17N3O3S. The third kappa shape index (κ3) is 3.08.